The van der Waals surface area contributed by atoms with Gasteiger partial charge in [0.05, 0.1) is 17.6 Å². The summed E-state index contributed by atoms with van der Waals surface area (Å²) in [5, 5.41) is 18.0. The zero-order valence-corrected chi connectivity index (χ0v) is 7.29. The van der Waals surface area contributed by atoms with Crippen LogP contribution >= 0.6 is 0 Å². The van der Waals surface area contributed by atoms with Gasteiger partial charge in [-0.25, -0.2) is 0 Å². The van der Waals surface area contributed by atoms with Gasteiger partial charge >= 0.3 is 0 Å². The first-order chi connectivity index (χ1) is 5.04. The van der Waals surface area contributed by atoms with E-state index in [0.717, 1.165) is 0 Å². The van der Waals surface area contributed by atoms with Gasteiger partial charge in [0.15, 0.2) is 0 Å². The van der Waals surface area contributed by atoms with Crippen LogP contribution in [0.3, 0.4) is 0 Å². The first kappa shape index (κ1) is 10.4. The van der Waals surface area contributed by atoms with Crippen LogP contribution in [0.4, 0.5) is 0 Å². The van der Waals surface area contributed by atoms with Crippen molar-refractivity contribution in [2.24, 2.45) is 5.41 Å². The molecule has 0 aliphatic heterocycles. The summed E-state index contributed by atoms with van der Waals surface area (Å²) >= 11 is 0. The second kappa shape index (κ2) is 4.32. The number of nitrogens with zero attached hydrogens (tertiary/aromatic N) is 1. The van der Waals surface area contributed by atoms with Gasteiger partial charge in [0.25, 0.3) is 0 Å². The molecule has 64 valence electrons. The summed E-state index contributed by atoms with van der Waals surface area (Å²) < 4.78 is 4.78. The van der Waals surface area contributed by atoms with E-state index in [0.29, 0.717) is 13.0 Å². The lowest BCUT2D eigenvalue weighted by atomic mass is 9.87. The van der Waals surface area contributed by atoms with Crippen molar-refractivity contribution < 1.29 is 9.84 Å². The molecule has 0 fully saturated rings. The third-order valence-electron chi connectivity index (χ3n) is 1.72. The lowest BCUT2D eigenvalue weighted by Gasteiger charge is -2.22. The highest BCUT2D eigenvalue weighted by molar-refractivity contribution is 4.96. The summed E-state index contributed by atoms with van der Waals surface area (Å²) in [5.74, 6) is 0. The first-order valence-electron chi connectivity index (χ1n) is 3.63. The van der Waals surface area contributed by atoms with Crippen LogP contribution < -0.4 is 0 Å². The first-order valence-corrected chi connectivity index (χ1v) is 3.63. The molecule has 3 heteroatoms. The van der Waals surface area contributed by atoms with Crippen LogP contribution in [0.1, 0.15) is 20.3 Å². The van der Waals surface area contributed by atoms with Crippen molar-refractivity contribution in [2.45, 2.75) is 26.4 Å². The SMILES string of the molecule is COCCC(O)C(C)(C)C#N. The Balaban J connectivity index is 3.83. The summed E-state index contributed by atoms with van der Waals surface area (Å²) in [5.41, 5.74) is -0.668. The largest absolute Gasteiger partial charge is 0.391 e. The maximum Gasteiger partial charge on any atom is 0.0777 e. The second-order valence-electron chi connectivity index (χ2n) is 3.13. The van der Waals surface area contributed by atoms with Crippen LogP contribution in [0, 0.1) is 16.7 Å². The van der Waals surface area contributed by atoms with Gasteiger partial charge in [0.2, 0.25) is 0 Å². The highest BCUT2D eigenvalue weighted by atomic mass is 16.5. The Bertz CT molecular complexity index is 149. The topological polar surface area (TPSA) is 53.2 Å². The minimum atomic E-state index is -0.668. The molecule has 0 saturated carbocycles. The standard InChI is InChI=1S/C8H15NO2/c1-8(2,6-9)7(10)4-5-11-3/h7,10H,4-5H2,1-3H3. The van der Waals surface area contributed by atoms with Gasteiger partial charge in [-0.2, -0.15) is 5.26 Å². The maximum absolute atomic E-state index is 9.41. The number of hydrogen-bond donors (Lipinski definition) is 1. The number of aliphatic hydroxyl groups excluding tert-OH is 1. The minimum Gasteiger partial charge on any atom is -0.391 e. The van der Waals surface area contributed by atoms with E-state index >= 15 is 0 Å². The van der Waals surface area contributed by atoms with E-state index in [2.05, 4.69) is 0 Å². The molecule has 3 nitrogen and oxygen atoms in total. The Hall–Kier alpha value is -0.590. The molecule has 11 heavy (non-hydrogen) atoms. The van der Waals surface area contributed by atoms with Crippen LogP contribution in [0.2, 0.25) is 0 Å². The van der Waals surface area contributed by atoms with E-state index < -0.39 is 11.5 Å². The molecule has 0 radical (unpaired) electrons. The molecule has 1 atom stereocenters. The Morgan fingerprint density at radius 1 is 1.64 bits per heavy atom. The molecule has 0 saturated heterocycles. The van der Waals surface area contributed by atoms with E-state index in [1.807, 2.05) is 6.07 Å². The number of rotatable bonds is 4. The Labute approximate surface area is 67.6 Å². The molecule has 0 amide bonds. The molecule has 0 aliphatic rings. The molecule has 0 heterocycles. The molecule has 0 aromatic carbocycles. The molecule has 0 aliphatic carbocycles. The van der Waals surface area contributed by atoms with E-state index in [9.17, 15) is 5.11 Å². The minimum absolute atomic E-state index is 0.492. The molecule has 0 spiro atoms. The highest BCUT2D eigenvalue weighted by Crippen LogP contribution is 2.21. The van der Waals surface area contributed by atoms with Crippen molar-refractivity contribution in [1.29, 1.82) is 5.26 Å². The summed E-state index contributed by atoms with van der Waals surface area (Å²) in [7, 11) is 1.58. The lowest BCUT2D eigenvalue weighted by Crippen LogP contribution is -2.28. The average molecular weight is 157 g/mol. The van der Waals surface area contributed by atoms with E-state index in [1.165, 1.54) is 0 Å². The summed E-state index contributed by atoms with van der Waals surface area (Å²) in [6.45, 7) is 3.92. The lowest BCUT2D eigenvalue weighted by molar-refractivity contribution is 0.0504. The summed E-state index contributed by atoms with van der Waals surface area (Å²) in [6.07, 6.45) is -0.0932. The second-order valence-corrected chi connectivity index (χ2v) is 3.13. The normalized spacial score (nSPS) is 14.1. The fraction of sp³-hybridized carbons (Fsp3) is 0.875. The van der Waals surface area contributed by atoms with Gasteiger partial charge in [0.1, 0.15) is 0 Å². The van der Waals surface area contributed by atoms with Crippen molar-refractivity contribution >= 4 is 0 Å². The molecule has 0 rings (SSSR count). The smallest absolute Gasteiger partial charge is 0.0777 e. The Morgan fingerprint density at radius 2 is 2.18 bits per heavy atom. The molecule has 0 bridgehead atoms. The predicted octanol–water partition coefficient (Wildman–Crippen LogP) is 0.934. The number of methoxy groups -OCH3 is 1. The summed E-state index contributed by atoms with van der Waals surface area (Å²) in [6, 6.07) is 2.04. The van der Waals surface area contributed by atoms with Gasteiger partial charge in [-0.1, -0.05) is 0 Å². The van der Waals surface area contributed by atoms with E-state index in [-0.39, 0.29) is 0 Å². The molecule has 1 unspecified atom stereocenters. The van der Waals surface area contributed by atoms with Crippen LogP contribution in [0.25, 0.3) is 0 Å². The van der Waals surface area contributed by atoms with Crippen molar-refractivity contribution in [3.8, 4) is 6.07 Å². The molecular formula is C8H15NO2. The maximum atomic E-state index is 9.41. The monoisotopic (exact) mass is 157 g/mol. The molecular weight excluding hydrogens is 142 g/mol. The van der Waals surface area contributed by atoms with Crippen molar-refractivity contribution in [2.75, 3.05) is 13.7 Å². The number of hydrogen-bond acceptors (Lipinski definition) is 3. The zero-order chi connectivity index (χ0) is 8.91. The average Bonchev–Trinajstić information content (AvgIpc) is 2.00. The fourth-order valence-electron chi connectivity index (χ4n) is 0.665. The van der Waals surface area contributed by atoms with Gasteiger partial charge in [-0.3, -0.25) is 0 Å². The van der Waals surface area contributed by atoms with Gasteiger partial charge in [0, 0.05) is 13.7 Å². The van der Waals surface area contributed by atoms with Crippen molar-refractivity contribution in [1.82, 2.24) is 0 Å². The third kappa shape index (κ3) is 3.35. The third-order valence-corrected chi connectivity index (χ3v) is 1.72. The quantitative estimate of drug-likeness (QED) is 0.660. The van der Waals surface area contributed by atoms with Gasteiger partial charge < -0.3 is 9.84 Å². The summed E-state index contributed by atoms with van der Waals surface area (Å²) in [4.78, 5) is 0. The van der Waals surface area contributed by atoms with Crippen molar-refractivity contribution in [3.05, 3.63) is 0 Å². The highest BCUT2D eigenvalue weighted by Gasteiger charge is 2.26. The number of aliphatic hydroxyl groups is 1. The molecule has 1 N–H and O–H groups in total. The van der Waals surface area contributed by atoms with Crippen molar-refractivity contribution in [3.63, 3.8) is 0 Å². The number of ether oxygens (including phenoxy) is 1. The Morgan fingerprint density at radius 3 is 2.55 bits per heavy atom. The zero-order valence-electron chi connectivity index (χ0n) is 7.29. The number of nitriles is 1. The van der Waals surface area contributed by atoms with Crippen LogP contribution in [0.15, 0.2) is 0 Å². The molecule has 0 aromatic rings. The van der Waals surface area contributed by atoms with Gasteiger partial charge in [-0.05, 0) is 20.3 Å². The fourth-order valence-corrected chi connectivity index (χ4v) is 0.665. The van der Waals surface area contributed by atoms with E-state index in [4.69, 9.17) is 10.00 Å². The predicted molar refractivity (Wildman–Crippen MR) is 41.9 cm³/mol. The van der Waals surface area contributed by atoms with Crippen LogP contribution in [0.5, 0.6) is 0 Å². The van der Waals surface area contributed by atoms with E-state index in [1.54, 1.807) is 21.0 Å². The Kier molecular flexibility index (Phi) is 4.09. The van der Waals surface area contributed by atoms with Gasteiger partial charge in [-0.15, -0.1) is 0 Å². The van der Waals surface area contributed by atoms with Crippen LogP contribution in [-0.2, 0) is 4.74 Å². The molecule has 0 aromatic heterocycles. The van der Waals surface area contributed by atoms with Crippen LogP contribution in [-0.4, -0.2) is 24.9 Å².